The van der Waals surface area contributed by atoms with Crippen LogP contribution in [0.15, 0.2) is 36.9 Å². The summed E-state index contributed by atoms with van der Waals surface area (Å²) in [5.74, 6) is 0.0528. The van der Waals surface area contributed by atoms with E-state index < -0.39 is 11.6 Å². The van der Waals surface area contributed by atoms with Gasteiger partial charge >= 0.3 is 6.03 Å². The number of piperidine rings is 1. The number of amides is 3. The van der Waals surface area contributed by atoms with Crippen LogP contribution in [0.4, 0.5) is 15.0 Å². The molecule has 10 heteroatoms. The summed E-state index contributed by atoms with van der Waals surface area (Å²) in [5.41, 5.74) is 1.14. The topological polar surface area (TPSA) is 116 Å². The second-order valence-electron chi connectivity index (χ2n) is 7.74. The number of nitrogens with zero attached hydrogens (tertiary/aromatic N) is 4. The normalized spacial score (nSPS) is 22.4. The smallest absolute Gasteiger partial charge is 0.322 e. The molecule has 2 aliphatic rings. The van der Waals surface area contributed by atoms with Gasteiger partial charge in [-0.2, -0.15) is 0 Å². The van der Waals surface area contributed by atoms with Crippen LogP contribution in [0, 0.1) is 11.7 Å². The number of aromatic amines is 1. The Labute approximate surface area is 171 Å². The van der Waals surface area contributed by atoms with Crippen LogP contribution in [0.3, 0.4) is 0 Å². The van der Waals surface area contributed by atoms with Gasteiger partial charge in [0.05, 0.1) is 6.33 Å². The van der Waals surface area contributed by atoms with Gasteiger partial charge in [0.25, 0.3) is 5.91 Å². The van der Waals surface area contributed by atoms with Gasteiger partial charge in [-0.05, 0) is 36.5 Å². The predicted molar refractivity (Wildman–Crippen MR) is 106 cm³/mol. The van der Waals surface area contributed by atoms with Crippen molar-refractivity contribution in [1.82, 2.24) is 30.6 Å². The van der Waals surface area contributed by atoms with E-state index in [9.17, 15) is 14.0 Å². The number of anilines is 1. The standard InChI is InChI=1S/C20H20FN7O2/c21-14-3-1-12(2-4-14)9-20(18(29)26-19(30)27-20)13-5-7-28(8-6-13)17-15-16(23-10-22-15)24-11-25-17/h1-4,10-11,13H,5-9H2,(H,22,23,24,25)(H2,26,27,29,30)/t20-/m1/s1. The molecule has 3 N–H and O–H groups in total. The Balaban J connectivity index is 1.39. The molecule has 9 nitrogen and oxygen atoms in total. The van der Waals surface area contributed by atoms with Crippen LogP contribution in [0.1, 0.15) is 18.4 Å². The van der Waals surface area contributed by atoms with Gasteiger partial charge in [0, 0.05) is 19.5 Å². The fourth-order valence-corrected chi connectivity index (χ4v) is 4.56. The Bertz CT molecular complexity index is 1110. The van der Waals surface area contributed by atoms with E-state index in [-0.39, 0.29) is 17.6 Å². The van der Waals surface area contributed by atoms with Gasteiger partial charge in [0.2, 0.25) is 0 Å². The summed E-state index contributed by atoms with van der Waals surface area (Å²) in [6, 6.07) is 5.55. The summed E-state index contributed by atoms with van der Waals surface area (Å²) in [6.45, 7) is 1.34. The van der Waals surface area contributed by atoms with Crippen molar-refractivity contribution in [2.45, 2.75) is 24.8 Å². The second-order valence-corrected chi connectivity index (χ2v) is 7.74. The lowest BCUT2D eigenvalue weighted by Gasteiger charge is -2.41. The van der Waals surface area contributed by atoms with Crippen molar-refractivity contribution < 1.29 is 14.0 Å². The molecule has 0 bridgehead atoms. The number of imidazole rings is 1. The zero-order chi connectivity index (χ0) is 20.7. The summed E-state index contributed by atoms with van der Waals surface area (Å²) < 4.78 is 13.3. The maximum absolute atomic E-state index is 13.3. The van der Waals surface area contributed by atoms with Crippen molar-refractivity contribution in [1.29, 1.82) is 0 Å². The van der Waals surface area contributed by atoms with Gasteiger partial charge in [-0.25, -0.2) is 24.1 Å². The Morgan fingerprint density at radius 1 is 1.10 bits per heavy atom. The van der Waals surface area contributed by atoms with Crippen molar-refractivity contribution in [2.75, 3.05) is 18.0 Å². The molecule has 0 radical (unpaired) electrons. The maximum Gasteiger partial charge on any atom is 0.322 e. The van der Waals surface area contributed by atoms with Gasteiger partial charge < -0.3 is 15.2 Å². The van der Waals surface area contributed by atoms with Gasteiger partial charge in [-0.1, -0.05) is 12.1 Å². The minimum absolute atomic E-state index is 0.0654. The first-order valence-corrected chi connectivity index (χ1v) is 9.82. The molecular weight excluding hydrogens is 389 g/mol. The molecule has 0 unspecified atom stereocenters. The van der Waals surface area contributed by atoms with Crippen LogP contribution < -0.4 is 15.5 Å². The maximum atomic E-state index is 13.3. The minimum Gasteiger partial charge on any atom is -0.355 e. The highest BCUT2D eigenvalue weighted by Gasteiger charge is 2.52. The van der Waals surface area contributed by atoms with Crippen molar-refractivity contribution in [2.24, 2.45) is 5.92 Å². The van der Waals surface area contributed by atoms with E-state index >= 15 is 0 Å². The lowest BCUT2D eigenvalue weighted by molar-refractivity contribution is -0.126. The molecule has 1 atom stereocenters. The molecular formula is C20H20FN7O2. The van der Waals surface area contributed by atoms with Crippen LogP contribution in [0.25, 0.3) is 11.2 Å². The molecule has 3 amide bonds. The number of fused-ring (bicyclic) bond motifs is 1. The fraction of sp³-hybridized carbons (Fsp3) is 0.350. The number of imide groups is 1. The highest BCUT2D eigenvalue weighted by Crippen LogP contribution is 2.35. The summed E-state index contributed by atoms with van der Waals surface area (Å²) in [7, 11) is 0. The predicted octanol–water partition coefficient (Wildman–Crippen LogP) is 1.53. The zero-order valence-electron chi connectivity index (χ0n) is 16.1. The quantitative estimate of drug-likeness (QED) is 0.563. The van der Waals surface area contributed by atoms with Gasteiger partial charge in [-0.3, -0.25) is 10.1 Å². The number of carbonyl (C=O) groups excluding carboxylic acids is 2. The summed E-state index contributed by atoms with van der Waals surface area (Å²) in [6.07, 6.45) is 4.77. The van der Waals surface area contributed by atoms with Crippen LogP contribution in [0.5, 0.6) is 0 Å². The highest BCUT2D eigenvalue weighted by molar-refractivity contribution is 6.07. The molecule has 154 valence electrons. The van der Waals surface area contributed by atoms with Crippen LogP contribution in [-0.2, 0) is 11.2 Å². The summed E-state index contributed by atoms with van der Waals surface area (Å²) in [4.78, 5) is 42.8. The molecule has 4 heterocycles. The molecule has 30 heavy (non-hydrogen) atoms. The van der Waals surface area contributed by atoms with Gasteiger partial charge in [0.15, 0.2) is 11.5 Å². The van der Waals surface area contributed by atoms with Crippen LogP contribution in [-0.4, -0.2) is 50.5 Å². The number of rotatable bonds is 4. The monoisotopic (exact) mass is 409 g/mol. The number of nitrogens with one attached hydrogen (secondary N) is 3. The largest absolute Gasteiger partial charge is 0.355 e. The Kier molecular flexibility index (Phi) is 4.34. The highest BCUT2D eigenvalue weighted by atomic mass is 19.1. The van der Waals surface area contributed by atoms with Crippen LogP contribution in [0.2, 0.25) is 0 Å². The first-order valence-electron chi connectivity index (χ1n) is 9.82. The average molecular weight is 409 g/mol. The lowest BCUT2D eigenvalue weighted by atomic mass is 9.74. The number of hydrogen-bond acceptors (Lipinski definition) is 6. The Morgan fingerprint density at radius 2 is 1.87 bits per heavy atom. The first-order chi connectivity index (χ1) is 14.5. The molecule has 0 aliphatic carbocycles. The molecule has 1 aromatic carbocycles. The van der Waals surface area contributed by atoms with Crippen molar-refractivity contribution >= 4 is 28.9 Å². The van der Waals surface area contributed by atoms with E-state index in [4.69, 9.17) is 0 Å². The summed E-state index contributed by atoms with van der Waals surface area (Å²) in [5, 5.41) is 5.27. The van der Waals surface area contributed by atoms with Gasteiger partial charge in [0.1, 0.15) is 23.2 Å². The average Bonchev–Trinajstić information content (AvgIpc) is 3.34. The van der Waals surface area contributed by atoms with E-state index in [1.165, 1.54) is 18.5 Å². The second kappa shape index (κ2) is 7.05. The Hall–Kier alpha value is -3.56. The number of hydrogen-bond donors (Lipinski definition) is 3. The van der Waals surface area contributed by atoms with Crippen LogP contribution >= 0.6 is 0 Å². The van der Waals surface area contributed by atoms with E-state index in [0.717, 1.165) is 16.9 Å². The molecule has 2 aromatic heterocycles. The van der Waals surface area contributed by atoms with Gasteiger partial charge in [-0.15, -0.1) is 0 Å². The molecule has 5 rings (SSSR count). The molecule has 2 aliphatic heterocycles. The molecule has 2 saturated heterocycles. The zero-order valence-corrected chi connectivity index (χ0v) is 16.1. The molecule has 0 spiro atoms. The lowest BCUT2D eigenvalue weighted by Crippen LogP contribution is -2.57. The first kappa shape index (κ1) is 18.5. The van der Waals surface area contributed by atoms with E-state index in [1.54, 1.807) is 18.5 Å². The number of aromatic nitrogens is 4. The molecule has 0 saturated carbocycles. The third kappa shape index (κ3) is 3.04. The minimum atomic E-state index is -1.05. The molecule has 2 fully saturated rings. The number of carbonyl (C=O) groups is 2. The number of halogens is 1. The SMILES string of the molecule is O=C1NC(=O)[C@@](Cc2ccc(F)cc2)(C2CCN(c3ncnc4nc[nH]c34)CC2)N1. The Morgan fingerprint density at radius 3 is 2.57 bits per heavy atom. The van der Waals surface area contributed by atoms with E-state index in [1.807, 2.05) is 0 Å². The summed E-state index contributed by atoms with van der Waals surface area (Å²) >= 11 is 0. The number of benzene rings is 1. The number of urea groups is 1. The van der Waals surface area contributed by atoms with E-state index in [0.29, 0.717) is 38.0 Å². The van der Waals surface area contributed by atoms with Crippen molar-refractivity contribution in [3.8, 4) is 0 Å². The third-order valence-corrected chi connectivity index (χ3v) is 6.06. The van der Waals surface area contributed by atoms with Crippen molar-refractivity contribution in [3.05, 3.63) is 48.3 Å². The fourth-order valence-electron chi connectivity index (χ4n) is 4.56. The van der Waals surface area contributed by atoms with Crippen molar-refractivity contribution in [3.63, 3.8) is 0 Å². The number of H-pyrrole nitrogens is 1. The molecule has 3 aromatic rings. The van der Waals surface area contributed by atoms with E-state index in [2.05, 4.69) is 35.5 Å². The third-order valence-electron chi connectivity index (χ3n) is 6.06.